The molecule has 0 bridgehead atoms. The number of benzene rings is 8. The molecule has 0 saturated heterocycles. The molecule has 0 spiro atoms. The standard InChI is InChI=1S/C48H34N2/c1-4-14-35(15-5-1)37-26-29-42(30-27-37)49(43-22-12-18-38(32-43)36-16-6-2-7-17-36)44-23-13-19-39(33-44)40-28-31-48-46(34-40)45-24-10-11-25-47(45)50(48)41-20-8-3-9-21-41/h1-34H/i13D,19D,23D,33D. The van der Waals surface area contributed by atoms with Crippen molar-refractivity contribution in [1.82, 2.24) is 4.57 Å². The van der Waals surface area contributed by atoms with Gasteiger partial charge in [-0.1, -0.05) is 139 Å². The van der Waals surface area contributed by atoms with Crippen LogP contribution in [-0.4, -0.2) is 4.57 Å². The fourth-order valence-electron chi connectivity index (χ4n) is 6.87. The monoisotopic (exact) mass is 642 g/mol. The predicted octanol–water partition coefficient (Wildman–Crippen LogP) is 13.3. The van der Waals surface area contributed by atoms with Crippen molar-refractivity contribution in [2.45, 2.75) is 0 Å². The molecule has 236 valence electrons. The minimum absolute atomic E-state index is 0.0180. The summed E-state index contributed by atoms with van der Waals surface area (Å²) in [5, 5.41) is 2.04. The van der Waals surface area contributed by atoms with Crippen LogP contribution in [0.5, 0.6) is 0 Å². The first-order valence-corrected chi connectivity index (χ1v) is 16.8. The number of nitrogens with zero attached hydrogens (tertiary/aromatic N) is 2. The maximum Gasteiger partial charge on any atom is 0.0651 e. The van der Waals surface area contributed by atoms with Crippen LogP contribution in [0, 0.1) is 0 Å². The molecule has 0 fully saturated rings. The van der Waals surface area contributed by atoms with E-state index in [1.54, 1.807) is 0 Å². The number of rotatable bonds is 7. The van der Waals surface area contributed by atoms with Gasteiger partial charge >= 0.3 is 0 Å². The number of aromatic nitrogens is 1. The summed E-state index contributed by atoms with van der Waals surface area (Å²) < 4.78 is 39.7. The van der Waals surface area contributed by atoms with E-state index < -0.39 is 0 Å². The van der Waals surface area contributed by atoms with Gasteiger partial charge in [-0.15, -0.1) is 0 Å². The minimum atomic E-state index is -0.229. The number of hydrogen-bond acceptors (Lipinski definition) is 1. The van der Waals surface area contributed by atoms with Gasteiger partial charge in [0.15, 0.2) is 0 Å². The Hall–Kier alpha value is -6.64. The van der Waals surface area contributed by atoms with E-state index in [1.807, 2.05) is 132 Å². The van der Waals surface area contributed by atoms with E-state index in [2.05, 4.69) is 59.2 Å². The molecule has 50 heavy (non-hydrogen) atoms. The van der Waals surface area contributed by atoms with Crippen LogP contribution in [0.1, 0.15) is 5.48 Å². The van der Waals surface area contributed by atoms with E-state index in [9.17, 15) is 4.11 Å². The lowest BCUT2D eigenvalue weighted by Gasteiger charge is -2.27. The van der Waals surface area contributed by atoms with Crippen LogP contribution >= 0.6 is 0 Å². The molecule has 0 radical (unpaired) electrons. The van der Waals surface area contributed by atoms with Crippen molar-refractivity contribution in [2.24, 2.45) is 0 Å². The highest BCUT2D eigenvalue weighted by Gasteiger charge is 2.17. The minimum Gasteiger partial charge on any atom is -0.310 e. The Kier molecular flexibility index (Phi) is 6.48. The molecule has 0 aliphatic rings. The summed E-state index contributed by atoms with van der Waals surface area (Å²) in [7, 11) is 0. The van der Waals surface area contributed by atoms with Crippen LogP contribution in [-0.2, 0) is 0 Å². The number of hydrogen-bond donors (Lipinski definition) is 0. The van der Waals surface area contributed by atoms with Gasteiger partial charge in [0.2, 0.25) is 0 Å². The summed E-state index contributed by atoms with van der Waals surface area (Å²) in [4.78, 5) is 1.90. The van der Waals surface area contributed by atoms with Crippen LogP contribution in [0.2, 0.25) is 0 Å². The van der Waals surface area contributed by atoms with Gasteiger partial charge in [-0.2, -0.15) is 0 Å². The van der Waals surface area contributed by atoms with Gasteiger partial charge in [0.25, 0.3) is 0 Å². The zero-order chi connectivity index (χ0) is 36.8. The second-order valence-electron chi connectivity index (χ2n) is 12.3. The molecule has 0 N–H and O–H groups in total. The van der Waals surface area contributed by atoms with Crippen LogP contribution in [0.15, 0.2) is 206 Å². The van der Waals surface area contributed by atoms with E-state index in [0.717, 1.165) is 61.1 Å². The molecule has 0 aliphatic carbocycles. The normalized spacial score (nSPS) is 12.3. The summed E-state index contributed by atoms with van der Waals surface area (Å²) in [6, 6.07) is 60.4. The molecule has 9 rings (SSSR count). The predicted molar refractivity (Wildman–Crippen MR) is 212 cm³/mol. The molecule has 0 amide bonds. The van der Waals surface area contributed by atoms with Gasteiger partial charge in [0.05, 0.1) is 16.5 Å². The third kappa shape index (κ3) is 5.43. The lowest BCUT2D eigenvalue weighted by atomic mass is 10.0. The van der Waals surface area contributed by atoms with Crippen molar-refractivity contribution < 1.29 is 5.48 Å². The van der Waals surface area contributed by atoms with Crippen molar-refractivity contribution in [3.8, 4) is 39.1 Å². The lowest BCUT2D eigenvalue weighted by molar-refractivity contribution is 1.18. The van der Waals surface area contributed by atoms with Gasteiger partial charge in [-0.05, 0) is 100 Å². The van der Waals surface area contributed by atoms with Crippen LogP contribution in [0.3, 0.4) is 0 Å². The first-order chi connectivity index (χ1) is 26.5. The van der Waals surface area contributed by atoms with E-state index in [0.29, 0.717) is 11.1 Å². The van der Waals surface area contributed by atoms with Crippen molar-refractivity contribution in [1.29, 1.82) is 0 Å². The number of fused-ring (bicyclic) bond motifs is 3. The highest BCUT2D eigenvalue weighted by atomic mass is 15.1. The van der Waals surface area contributed by atoms with Crippen molar-refractivity contribution in [3.63, 3.8) is 0 Å². The van der Waals surface area contributed by atoms with E-state index in [4.69, 9.17) is 1.37 Å². The topological polar surface area (TPSA) is 8.17 Å². The SMILES string of the molecule is [2H]c1c([2H])c(-c2ccc3c(c2)c2ccccc2n3-c2ccccc2)c([2H])c(N(c2ccc(-c3ccccc3)cc2)c2cccc(-c3ccccc3)c2)c1[2H]. The molecule has 0 atom stereocenters. The number of anilines is 3. The van der Waals surface area contributed by atoms with Gasteiger partial charge in [0, 0.05) is 33.5 Å². The van der Waals surface area contributed by atoms with Crippen LogP contribution < -0.4 is 4.90 Å². The van der Waals surface area contributed by atoms with Crippen molar-refractivity contribution >= 4 is 38.9 Å². The summed E-state index contributed by atoms with van der Waals surface area (Å²) >= 11 is 0. The summed E-state index contributed by atoms with van der Waals surface area (Å²) in [5.41, 5.74) is 9.96. The van der Waals surface area contributed by atoms with E-state index in [-0.39, 0.29) is 29.9 Å². The molecule has 2 heteroatoms. The molecule has 8 aromatic carbocycles. The Morgan fingerprint density at radius 2 is 0.960 bits per heavy atom. The quantitative estimate of drug-likeness (QED) is 0.168. The molecule has 0 saturated carbocycles. The van der Waals surface area contributed by atoms with Crippen LogP contribution in [0.25, 0.3) is 60.9 Å². The maximum atomic E-state index is 9.83. The largest absolute Gasteiger partial charge is 0.310 e. The Labute approximate surface area is 298 Å². The van der Waals surface area contributed by atoms with Crippen molar-refractivity contribution in [2.75, 3.05) is 4.90 Å². The molecular weight excluding hydrogens is 605 g/mol. The Balaban J connectivity index is 1.26. The molecule has 2 nitrogen and oxygen atoms in total. The molecule has 1 aromatic heterocycles. The molecule has 1 heterocycles. The Bertz CT molecular complexity index is 2800. The van der Waals surface area contributed by atoms with Gasteiger partial charge in [-0.3, -0.25) is 0 Å². The van der Waals surface area contributed by atoms with E-state index >= 15 is 0 Å². The lowest BCUT2D eigenvalue weighted by Crippen LogP contribution is -2.10. The average Bonchev–Trinajstić information content (AvgIpc) is 3.56. The second-order valence-corrected chi connectivity index (χ2v) is 12.3. The summed E-state index contributed by atoms with van der Waals surface area (Å²) in [6.07, 6.45) is 0. The van der Waals surface area contributed by atoms with Crippen LogP contribution in [0.4, 0.5) is 17.1 Å². The van der Waals surface area contributed by atoms with Gasteiger partial charge in [-0.25, -0.2) is 0 Å². The molecular formula is C48H34N2. The number of para-hydroxylation sites is 2. The zero-order valence-electron chi connectivity index (χ0n) is 31.2. The van der Waals surface area contributed by atoms with Gasteiger partial charge < -0.3 is 9.47 Å². The Morgan fingerprint density at radius 1 is 0.380 bits per heavy atom. The molecule has 9 aromatic rings. The summed E-state index contributed by atoms with van der Waals surface area (Å²) in [5.74, 6) is 0. The fraction of sp³-hybridized carbons (Fsp3) is 0. The third-order valence-electron chi connectivity index (χ3n) is 9.26. The zero-order valence-corrected chi connectivity index (χ0v) is 27.2. The highest BCUT2D eigenvalue weighted by molar-refractivity contribution is 6.10. The average molecular weight is 643 g/mol. The van der Waals surface area contributed by atoms with E-state index in [1.165, 1.54) is 0 Å². The molecule has 0 unspecified atom stereocenters. The second kappa shape index (κ2) is 12.8. The molecule has 0 aliphatic heterocycles. The summed E-state index contributed by atoms with van der Waals surface area (Å²) in [6.45, 7) is 0. The smallest absolute Gasteiger partial charge is 0.0651 e. The third-order valence-corrected chi connectivity index (χ3v) is 9.26. The van der Waals surface area contributed by atoms with Crippen molar-refractivity contribution in [3.05, 3.63) is 206 Å². The maximum absolute atomic E-state index is 9.83. The first-order valence-electron chi connectivity index (χ1n) is 18.8. The highest BCUT2D eigenvalue weighted by Crippen LogP contribution is 2.40. The first kappa shape index (κ1) is 25.4. The van der Waals surface area contributed by atoms with Gasteiger partial charge in [0.1, 0.15) is 0 Å². The fourth-order valence-corrected chi connectivity index (χ4v) is 6.87. The Morgan fingerprint density at radius 3 is 1.72 bits per heavy atom.